The van der Waals surface area contributed by atoms with Crippen LogP contribution in [-0.2, 0) is 9.84 Å². The third kappa shape index (κ3) is 3.91. The van der Waals surface area contributed by atoms with E-state index in [0.29, 0.717) is 37.8 Å². The molecule has 2 saturated heterocycles. The fourth-order valence-corrected chi connectivity index (χ4v) is 5.20. The molecule has 0 saturated carbocycles. The van der Waals surface area contributed by atoms with Gasteiger partial charge in [0.05, 0.1) is 29.0 Å². The molecule has 0 aliphatic carbocycles. The monoisotopic (exact) mass is 388 g/mol. The molecule has 3 heterocycles. The topological polar surface area (TPSA) is 86.4 Å². The number of amides is 1. The van der Waals surface area contributed by atoms with Gasteiger partial charge in [0.2, 0.25) is 0 Å². The molecule has 0 unspecified atom stereocenters. The van der Waals surface area contributed by atoms with E-state index in [1.54, 1.807) is 6.20 Å². The number of piperidine rings is 1. The zero-order chi connectivity index (χ0) is 18.9. The van der Waals surface area contributed by atoms with Crippen LogP contribution in [0.5, 0.6) is 0 Å². The molecule has 2 fully saturated rings. The Bertz CT molecular complexity index is 888. The number of aromatic nitrogens is 2. The molecule has 1 amide bonds. The first kappa shape index (κ1) is 18.2. The highest BCUT2D eigenvalue weighted by Gasteiger charge is 2.31. The smallest absolute Gasteiger partial charge is 0.257 e. The van der Waals surface area contributed by atoms with Gasteiger partial charge in [-0.25, -0.2) is 8.42 Å². The first-order chi connectivity index (χ1) is 13.0. The van der Waals surface area contributed by atoms with Crippen LogP contribution in [0.4, 0.5) is 0 Å². The number of hydrogen-bond acceptors (Lipinski definition) is 5. The lowest BCUT2D eigenvalue weighted by Crippen LogP contribution is -2.51. The van der Waals surface area contributed by atoms with E-state index in [-0.39, 0.29) is 17.4 Å². The maximum atomic E-state index is 13.0. The average molecular weight is 388 g/mol. The molecule has 1 aromatic heterocycles. The Labute approximate surface area is 159 Å². The fourth-order valence-electron chi connectivity index (χ4n) is 3.97. The number of benzene rings is 1. The Kier molecular flexibility index (Phi) is 5.01. The van der Waals surface area contributed by atoms with Gasteiger partial charge in [-0.3, -0.25) is 14.8 Å². The quantitative estimate of drug-likeness (QED) is 0.859. The van der Waals surface area contributed by atoms with Gasteiger partial charge in [0, 0.05) is 37.8 Å². The summed E-state index contributed by atoms with van der Waals surface area (Å²) in [5.41, 5.74) is 2.30. The number of hydrogen-bond donors (Lipinski definition) is 1. The Morgan fingerprint density at radius 2 is 1.70 bits per heavy atom. The van der Waals surface area contributed by atoms with Gasteiger partial charge in [-0.15, -0.1) is 0 Å². The van der Waals surface area contributed by atoms with E-state index in [9.17, 15) is 13.2 Å². The maximum absolute atomic E-state index is 13.0. The minimum Gasteiger partial charge on any atom is -0.338 e. The molecule has 2 aliphatic rings. The van der Waals surface area contributed by atoms with Gasteiger partial charge in [0.15, 0.2) is 9.84 Å². The number of carbonyl (C=O) groups is 1. The van der Waals surface area contributed by atoms with E-state index < -0.39 is 9.84 Å². The number of H-pyrrole nitrogens is 1. The third-order valence-electron chi connectivity index (χ3n) is 5.58. The van der Waals surface area contributed by atoms with Crippen molar-refractivity contribution in [1.82, 2.24) is 20.0 Å². The van der Waals surface area contributed by atoms with Crippen LogP contribution in [0.3, 0.4) is 0 Å². The predicted molar refractivity (Wildman–Crippen MR) is 103 cm³/mol. The van der Waals surface area contributed by atoms with E-state index in [4.69, 9.17) is 0 Å². The summed E-state index contributed by atoms with van der Waals surface area (Å²) in [7, 11) is -2.86. The van der Waals surface area contributed by atoms with Crippen LogP contribution in [0, 0.1) is 0 Å². The van der Waals surface area contributed by atoms with Crippen LogP contribution in [-0.4, -0.2) is 78.0 Å². The number of rotatable bonds is 3. The van der Waals surface area contributed by atoms with Crippen molar-refractivity contribution in [3.05, 3.63) is 42.1 Å². The number of sulfone groups is 1. The third-order valence-corrected chi connectivity index (χ3v) is 7.19. The molecule has 0 bridgehead atoms. The van der Waals surface area contributed by atoms with E-state index in [1.165, 1.54) is 0 Å². The molecule has 1 N–H and O–H groups in total. The molecule has 0 atom stereocenters. The van der Waals surface area contributed by atoms with Crippen LogP contribution in [0.15, 0.2) is 36.5 Å². The van der Waals surface area contributed by atoms with Gasteiger partial charge in [0.1, 0.15) is 0 Å². The van der Waals surface area contributed by atoms with Crippen LogP contribution in [0.2, 0.25) is 0 Å². The summed E-state index contributed by atoms with van der Waals surface area (Å²) in [5, 5.41) is 7.03. The van der Waals surface area contributed by atoms with E-state index in [1.807, 2.05) is 35.2 Å². The molecule has 2 aromatic rings. The summed E-state index contributed by atoms with van der Waals surface area (Å²) in [6.07, 6.45) is 3.36. The van der Waals surface area contributed by atoms with Crippen LogP contribution < -0.4 is 0 Å². The van der Waals surface area contributed by atoms with Gasteiger partial charge < -0.3 is 4.90 Å². The van der Waals surface area contributed by atoms with Gasteiger partial charge >= 0.3 is 0 Å². The molecule has 0 spiro atoms. The van der Waals surface area contributed by atoms with Gasteiger partial charge in [-0.1, -0.05) is 30.3 Å². The molecule has 2 aliphatic heterocycles. The Balaban J connectivity index is 1.39. The summed E-state index contributed by atoms with van der Waals surface area (Å²) in [6, 6.07) is 10.1. The van der Waals surface area contributed by atoms with Crippen molar-refractivity contribution in [2.75, 3.05) is 37.7 Å². The first-order valence-electron chi connectivity index (χ1n) is 9.36. The summed E-state index contributed by atoms with van der Waals surface area (Å²) >= 11 is 0. The first-order valence-corrected chi connectivity index (χ1v) is 11.2. The van der Waals surface area contributed by atoms with Crippen molar-refractivity contribution in [3.8, 4) is 11.3 Å². The summed E-state index contributed by atoms with van der Waals surface area (Å²) < 4.78 is 23.2. The van der Waals surface area contributed by atoms with Crippen molar-refractivity contribution >= 4 is 15.7 Å². The van der Waals surface area contributed by atoms with E-state index in [2.05, 4.69) is 15.1 Å². The Morgan fingerprint density at radius 3 is 2.37 bits per heavy atom. The molecule has 144 valence electrons. The largest absolute Gasteiger partial charge is 0.338 e. The van der Waals surface area contributed by atoms with Crippen molar-refractivity contribution in [3.63, 3.8) is 0 Å². The highest BCUT2D eigenvalue weighted by molar-refractivity contribution is 7.91. The SMILES string of the molecule is O=C(c1cn[nH]c1-c1ccccc1)N1CCC(N2CCS(=O)(=O)CC2)CC1. The second-order valence-electron chi connectivity index (χ2n) is 7.24. The summed E-state index contributed by atoms with van der Waals surface area (Å²) in [6.45, 7) is 2.60. The lowest BCUT2D eigenvalue weighted by molar-refractivity contribution is 0.0630. The average Bonchev–Trinajstić information content (AvgIpc) is 3.18. The van der Waals surface area contributed by atoms with E-state index >= 15 is 0 Å². The molecule has 1 aromatic carbocycles. The molecule has 27 heavy (non-hydrogen) atoms. The second kappa shape index (κ2) is 7.44. The number of nitrogens with one attached hydrogen (secondary N) is 1. The van der Waals surface area contributed by atoms with Crippen molar-refractivity contribution in [1.29, 1.82) is 0 Å². The number of likely N-dealkylation sites (tertiary alicyclic amines) is 1. The summed E-state index contributed by atoms with van der Waals surface area (Å²) in [5.74, 6) is 0.505. The number of aromatic amines is 1. The minimum absolute atomic E-state index is 0.00211. The zero-order valence-corrected chi connectivity index (χ0v) is 16.0. The highest BCUT2D eigenvalue weighted by atomic mass is 32.2. The lowest BCUT2D eigenvalue weighted by atomic mass is 10.0. The minimum atomic E-state index is -2.86. The summed E-state index contributed by atoms with van der Waals surface area (Å²) in [4.78, 5) is 17.2. The zero-order valence-electron chi connectivity index (χ0n) is 15.2. The predicted octanol–water partition coefficient (Wildman–Crippen LogP) is 1.41. The van der Waals surface area contributed by atoms with Gasteiger partial charge in [-0.05, 0) is 12.8 Å². The maximum Gasteiger partial charge on any atom is 0.257 e. The molecule has 0 radical (unpaired) electrons. The van der Waals surface area contributed by atoms with Crippen LogP contribution >= 0.6 is 0 Å². The van der Waals surface area contributed by atoms with Crippen LogP contribution in [0.1, 0.15) is 23.2 Å². The van der Waals surface area contributed by atoms with Gasteiger partial charge in [0.25, 0.3) is 5.91 Å². The molecule has 4 rings (SSSR count). The van der Waals surface area contributed by atoms with Crippen molar-refractivity contribution in [2.24, 2.45) is 0 Å². The number of carbonyl (C=O) groups excluding carboxylic acids is 1. The normalized spacial score (nSPS) is 21.3. The number of nitrogens with zero attached hydrogens (tertiary/aromatic N) is 3. The van der Waals surface area contributed by atoms with E-state index in [0.717, 1.165) is 24.1 Å². The van der Waals surface area contributed by atoms with Crippen molar-refractivity contribution in [2.45, 2.75) is 18.9 Å². The van der Waals surface area contributed by atoms with Crippen molar-refractivity contribution < 1.29 is 13.2 Å². The van der Waals surface area contributed by atoms with Crippen LogP contribution in [0.25, 0.3) is 11.3 Å². The fraction of sp³-hybridized carbons (Fsp3) is 0.474. The molecule has 8 heteroatoms. The molecular weight excluding hydrogens is 364 g/mol. The van der Waals surface area contributed by atoms with Gasteiger partial charge in [-0.2, -0.15) is 5.10 Å². The lowest BCUT2D eigenvalue weighted by Gasteiger charge is -2.40. The highest BCUT2D eigenvalue weighted by Crippen LogP contribution is 2.25. The Morgan fingerprint density at radius 1 is 1.04 bits per heavy atom. The second-order valence-corrected chi connectivity index (χ2v) is 9.54. The Hall–Kier alpha value is -2.19. The standard InChI is InChI=1S/C19H24N4O3S/c24-19(17-14-20-21-18(17)15-4-2-1-3-5-15)23-8-6-16(7-9-23)22-10-12-27(25,26)13-11-22/h1-5,14,16H,6-13H2,(H,20,21). The molecule has 7 nitrogen and oxygen atoms in total. The molecular formula is C19H24N4O3S.